The molecule has 27 heteroatoms. The molecule has 0 radical (unpaired) electrons. The first-order valence-corrected chi connectivity index (χ1v) is 35.2. The van der Waals surface area contributed by atoms with Gasteiger partial charge in [-0.2, -0.15) is 4.74 Å². The molecule has 556 valence electrons. The van der Waals surface area contributed by atoms with Crippen molar-refractivity contribution in [2.45, 2.75) is 99.8 Å². The number of hydrogen-bond acceptors (Lipinski definition) is 15. The fraction of sp³-hybridized carbons (Fsp3) is 0.325. The molecule has 0 atom stereocenters. The number of rotatable bonds is 17. The number of amides is 6. The minimum atomic E-state index is -0.0944. The summed E-state index contributed by atoms with van der Waals surface area (Å²) >= 11 is 0. The van der Waals surface area contributed by atoms with Crippen LogP contribution in [0.1, 0.15) is 113 Å². The number of aromatic nitrogens is 10. The predicted octanol–water partition coefficient (Wildman–Crippen LogP) is 10.0. The summed E-state index contributed by atoms with van der Waals surface area (Å²) in [5, 5.41) is 29.1. The minimum Gasteiger partial charge on any atom is -0.619 e. The molecule has 0 saturated carbocycles. The summed E-state index contributed by atoms with van der Waals surface area (Å²) in [7, 11) is 3.58. The van der Waals surface area contributed by atoms with E-state index in [0.717, 1.165) is 110 Å². The van der Waals surface area contributed by atoms with Gasteiger partial charge in [-0.3, -0.25) is 28.8 Å². The van der Waals surface area contributed by atoms with Gasteiger partial charge in [-0.05, 0) is 111 Å². The van der Waals surface area contributed by atoms with Crippen LogP contribution in [0.25, 0.3) is 78.7 Å². The second kappa shape index (κ2) is 34.1. The Hall–Kier alpha value is -12.3. The van der Waals surface area contributed by atoms with E-state index in [1.807, 2.05) is 132 Å². The first-order valence-electron chi connectivity index (χ1n) is 35.2. The number of carbonyl (C=O) groups is 6. The van der Waals surface area contributed by atoms with Crippen LogP contribution in [0.5, 0.6) is 5.75 Å². The molecule has 0 spiro atoms. The number of para-hydroxylation sites is 4. The molecule has 1 saturated heterocycles. The van der Waals surface area contributed by atoms with Crippen molar-refractivity contribution < 1.29 is 42.7 Å². The number of piperidine rings is 1. The van der Waals surface area contributed by atoms with Crippen LogP contribution in [0.2, 0.25) is 0 Å². The topological polar surface area (TPSA) is 315 Å². The van der Waals surface area contributed by atoms with Crippen molar-refractivity contribution in [1.29, 1.82) is 0 Å². The highest BCUT2D eigenvalue weighted by atomic mass is 16.5. The summed E-state index contributed by atoms with van der Waals surface area (Å²) in [6, 6.07) is 40.9. The van der Waals surface area contributed by atoms with Gasteiger partial charge in [0.15, 0.2) is 23.2 Å². The number of imidazole rings is 5. The van der Waals surface area contributed by atoms with Crippen molar-refractivity contribution in [2.75, 3.05) is 66.0 Å². The lowest BCUT2D eigenvalue weighted by Gasteiger charge is -2.26. The van der Waals surface area contributed by atoms with Crippen molar-refractivity contribution >= 4 is 92.0 Å². The van der Waals surface area contributed by atoms with Crippen LogP contribution < -0.4 is 36.6 Å². The summed E-state index contributed by atoms with van der Waals surface area (Å²) < 4.78 is 22.0. The Labute approximate surface area is 620 Å². The second-order valence-corrected chi connectivity index (χ2v) is 25.9. The number of likely N-dealkylation sites (tertiary alicyclic amines) is 1. The lowest BCUT2D eigenvalue weighted by molar-refractivity contribution is -0.349. The predicted molar refractivity (Wildman–Crippen MR) is 414 cm³/mol. The number of carbonyl (C=O) groups excluding carboxylic acids is 6. The zero-order valence-corrected chi connectivity index (χ0v) is 58.0. The van der Waals surface area contributed by atoms with E-state index in [9.17, 15) is 34.0 Å². The van der Waals surface area contributed by atoms with Gasteiger partial charge in [0.2, 0.25) is 17.5 Å². The van der Waals surface area contributed by atoms with E-state index in [1.54, 1.807) is 37.6 Å². The van der Waals surface area contributed by atoms with Gasteiger partial charge in [-0.15, -0.1) is 0 Å². The minimum absolute atomic E-state index is 0. The molecule has 0 bridgehead atoms. The van der Waals surface area contributed by atoms with E-state index in [2.05, 4.69) is 77.2 Å². The quantitative estimate of drug-likeness (QED) is 0.0214. The van der Waals surface area contributed by atoms with E-state index < -0.39 is 0 Å². The van der Waals surface area contributed by atoms with Gasteiger partial charge in [0.25, 0.3) is 23.6 Å². The van der Waals surface area contributed by atoms with E-state index in [4.69, 9.17) is 14.1 Å². The summed E-state index contributed by atoms with van der Waals surface area (Å²) in [6.07, 6.45) is 10.1. The van der Waals surface area contributed by atoms with Crippen LogP contribution in [0.4, 0.5) is 5.69 Å². The van der Waals surface area contributed by atoms with Gasteiger partial charge in [-0.25, -0.2) is 24.9 Å². The molecule has 5 aliphatic heterocycles. The number of methoxy groups -OCH3 is 1. The van der Waals surface area contributed by atoms with E-state index in [0.29, 0.717) is 141 Å². The van der Waals surface area contributed by atoms with Crippen LogP contribution >= 0.6 is 0 Å². The van der Waals surface area contributed by atoms with Crippen molar-refractivity contribution in [1.82, 2.24) is 84.6 Å². The number of nitrogens with one attached hydrogen (secondary N) is 6. The molecule has 107 heavy (non-hydrogen) atoms. The molecule has 0 unspecified atom stereocenters. The molecule has 6 aromatic heterocycles. The normalized spacial score (nSPS) is 14.1. The fourth-order valence-corrected chi connectivity index (χ4v) is 14.1. The molecule has 6 aromatic carbocycles. The Balaban J connectivity index is 0.000000142. The summed E-state index contributed by atoms with van der Waals surface area (Å²) in [5.74, 6) is 5.84. The highest BCUT2D eigenvalue weighted by molar-refractivity contribution is 6.08. The highest BCUT2D eigenvalue weighted by Gasteiger charge is 2.28. The second-order valence-electron chi connectivity index (χ2n) is 25.9. The van der Waals surface area contributed by atoms with Gasteiger partial charge in [0, 0.05) is 135 Å². The third-order valence-electron chi connectivity index (χ3n) is 19.2. The molecular weight excluding hydrogens is 1360 g/mol. The van der Waals surface area contributed by atoms with Crippen LogP contribution in [0.3, 0.4) is 0 Å². The van der Waals surface area contributed by atoms with Gasteiger partial charge >= 0.3 is 0 Å². The maximum Gasteiger partial charge on any atom is 0.253 e. The molecule has 0 aliphatic carbocycles. The van der Waals surface area contributed by atoms with Crippen molar-refractivity contribution in [2.24, 2.45) is 7.05 Å². The standard InChI is InChI=1S/C22H24N4O3.C21H16N4O3.C20H27N5O2.C14H13N5O.3CH4/c1-29-16-5-2-4-15(14-16)10-11-23-20(27)9-8-19-25-18-7-3-6-17-21(18)26(19)13-12-24-22(17)28;1-24(27)14-5-2-4-13(12-14)17-8-9-18(28-17)20-23-16-7-3-6-15-19(16)25(20)11-10-22-21(15)26;26-18(21-9-13-24-11-2-1-3-12-24)8-7-17-23-16-6-4-5-15-19(16)25(17)14-10-22-20(15)27;1-18-7-5-15-12(18)13-17-10-4-2-3-9-11(10)19(13)8-6-16-14(9)20;;;/h2-7,14H,8-13H2,1H3,(H,23,27)(H,24,28);2-9,12H,1,10-11H2,(H,22,26);4-6H,1-3,7-14H2,(H,21,26)(H,22,27);2-5,7H,6,8H2,1H3,(H,16,20);3*1H4. The number of furan rings is 1. The summed E-state index contributed by atoms with van der Waals surface area (Å²) in [6.45, 7) is 12.8. The van der Waals surface area contributed by atoms with Crippen molar-refractivity contribution in [3.8, 4) is 40.3 Å². The highest BCUT2D eigenvalue weighted by Crippen LogP contribution is 2.34. The van der Waals surface area contributed by atoms with Gasteiger partial charge < -0.3 is 74.0 Å². The summed E-state index contributed by atoms with van der Waals surface area (Å²) in [5.41, 5.74) is 11.6. The van der Waals surface area contributed by atoms with Gasteiger partial charge in [-0.1, -0.05) is 77.2 Å². The first-order chi connectivity index (χ1) is 50.7. The molecule has 1 fully saturated rings. The molecular formula is C80H92N18O9. The Kier molecular flexibility index (Phi) is 24.2. The van der Waals surface area contributed by atoms with Gasteiger partial charge in [0.05, 0.1) is 73.5 Å². The van der Waals surface area contributed by atoms with E-state index >= 15 is 0 Å². The van der Waals surface area contributed by atoms with Crippen molar-refractivity contribution in [3.05, 3.63) is 191 Å². The number of nitrogens with zero attached hydrogens (tertiary/aromatic N) is 12. The molecule has 27 nitrogen and oxygen atoms in total. The third-order valence-corrected chi connectivity index (χ3v) is 19.2. The maximum absolute atomic E-state index is 12.3. The third kappa shape index (κ3) is 16.5. The lowest BCUT2D eigenvalue weighted by Crippen LogP contribution is -2.37. The molecule has 5 aliphatic rings. The average Bonchev–Trinajstić information content (AvgIpc) is 1.55. The molecule has 12 aromatic rings. The maximum atomic E-state index is 12.3. The SMILES string of the molecule is C.C.C.C=[N+]([O-])c1cccc(-c2ccc(-c3nc4cccc5c4n3CCNC5=O)o2)c1.COc1cccc(CCNC(=O)CCc2nc3cccc4c3n2CCNC4=O)c1.Cn1ccnc1-c1nc2cccc3c2n1CCNC3=O.O=C(CCc1nc2cccc3c2n1CCNC3=O)NCCN1CCCCC1. The van der Waals surface area contributed by atoms with E-state index in [1.165, 1.54) is 19.3 Å². The first kappa shape index (κ1) is 75.9. The van der Waals surface area contributed by atoms with Crippen LogP contribution in [-0.2, 0) is 62.1 Å². The Morgan fingerprint density at radius 3 is 1.51 bits per heavy atom. The monoisotopic (exact) mass is 1450 g/mol. The molecule has 6 amide bonds. The molecule has 11 heterocycles. The van der Waals surface area contributed by atoms with Crippen molar-refractivity contribution in [3.63, 3.8) is 0 Å². The van der Waals surface area contributed by atoms with Crippen LogP contribution in [0, 0.1) is 5.21 Å². The zero-order chi connectivity index (χ0) is 71.8. The number of ether oxygens (including phenoxy) is 1. The number of hydrogen-bond donors (Lipinski definition) is 6. The Morgan fingerprint density at radius 2 is 1.00 bits per heavy atom. The Morgan fingerprint density at radius 1 is 0.533 bits per heavy atom. The largest absolute Gasteiger partial charge is 0.619 e. The zero-order valence-electron chi connectivity index (χ0n) is 58.0. The number of benzene rings is 6. The van der Waals surface area contributed by atoms with Crippen LogP contribution in [-0.4, -0.2) is 166 Å². The summed E-state index contributed by atoms with van der Waals surface area (Å²) in [4.78, 5) is 98.9. The average molecular weight is 1450 g/mol. The van der Waals surface area contributed by atoms with Crippen LogP contribution in [0.15, 0.2) is 150 Å². The molecule has 17 rings (SSSR count). The fourth-order valence-electron chi connectivity index (χ4n) is 14.1. The van der Waals surface area contributed by atoms with E-state index in [-0.39, 0.29) is 57.7 Å². The number of aryl methyl sites for hydroxylation is 3. The smallest absolute Gasteiger partial charge is 0.253 e. The molecule has 6 N–H and O–H groups in total. The Bertz CT molecular complexity index is 5260. The lowest BCUT2D eigenvalue weighted by atomic mass is 10.1. The van der Waals surface area contributed by atoms with Gasteiger partial charge in [0.1, 0.15) is 29.9 Å².